The number of nitrogens with zero attached hydrogens (tertiary/aromatic N) is 1. The summed E-state index contributed by atoms with van der Waals surface area (Å²) in [6, 6.07) is 24.2. The highest BCUT2D eigenvalue weighted by Crippen LogP contribution is 2.42. The smallest absolute Gasteiger partial charge is 0.272 e. The first-order chi connectivity index (χ1) is 14.1. The Morgan fingerprint density at radius 3 is 2.10 bits per heavy atom. The van der Waals surface area contributed by atoms with E-state index in [1.54, 1.807) is 25.3 Å². The number of amides is 2. The molecule has 0 saturated heterocycles. The van der Waals surface area contributed by atoms with Gasteiger partial charge in [-0.25, -0.2) is 4.90 Å². The summed E-state index contributed by atoms with van der Waals surface area (Å²) in [5, 5.41) is 0. The van der Waals surface area contributed by atoms with Gasteiger partial charge in [0.25, 0.3) is 11.8 Å². The fraction of sp³-hybridized carbons (Fsp3) is 0.0833. The quantitative estimate of drug-likeness (QED) is 0.560. The normalized spacial score (nSPS) is 13.9. The second-order valence-corrected chi connectivity index (χ2v) is 7.66. The number of carbonyl (C=O) groups excluding carboxylic acids is 2. The van der Waals surface area contributed by atoms with E-state index in [0.717, 1.165) is 10.5 Å². The fourth-order valence-electron chi connectivity index (χ4n) is 3.26. The van der Waals surface area contributed by atoms with Crippen LogP contribution in [-0.2, 0) is 9.59 Å². The number of hydrogen-bond donors (Lipinski definition) is 0. The number of benzene rings is 3. The molecule has 5 heteroatoms. The zero-order valence-corrected chi connectivity index (χ0v) is 16.9. The summed E-state index contributed by atoms with van der Waals surface area (Å²) in [6.07, 6.45) is 0. The molecule has 3 aromatic rings. The van der Waals surface area contributed by atoms with E-state index < -0.39 is 0 Å². The number of methoxy groups -OCH3 is 1. The maximum Gasteiger partial charge on any atom is 0.272 e. The molecule has 4 nitrogen and oxygen atoms in total. The molecule has 0 N–H and O–H groups in total. The van der Waals surface area contributed by atoms with Gasteiger partial charge >= 0.3 is 0 Å². The summed E-state index contributed by atoms with van der Waals surface area (Å²) in [5.74, 6) is 0.0796. The SMILES string of the molecule is COc1ccc(C2=C(Sc3ccccc3)C(=O)N(c3ccccc3C)C2=O)cc1. The summed E-state index contributed by atoms with van der Waals surface area (Å²) in [6.45, 7) is 1.89. The van der Waals surface area contributed by atoms with Crippen LogP contribution in [0, 0.1) is 6.92 Å². The van der Waals surface area contributed by atoms with E-state index in [4.69, 9.17) is 4.74 Å². The van der Waals surface area contributed by atoms with Crippen molar-refractivity contribution < 1.29 is 14.3 Å². The Labute approximate surface area is 173 Å². The van der Waals surface area contributed by atoms with E-state index in [-0.39, 0.29) is 11.8 Å². The van der Waals surface area contributed by atoms with Crippen molar-refractivity contribution in [2.75, 3.05) is 12.0 Å². The van der Waals surface area contributed by atoms with Crippen molar-refractivity contribution in [2.24, 2.45) is 0 Å². The Balaban J connectivity index is 1.83. The molecule has 4 rings (SSSR count). The van der Waals surface area contributed by atoms with Gasteiger partial charge in [0.2, 0.25) is 0 Å². The Kier molecular flexibility index (Phi) is 5.23. The minimum Gasteiger partial charge on any atom is -0.497 e. The molecule has 0 bridgehead atoms. The standard InChI is InChI=1S/C24H19NO3S/c1-16-8-6-7-11-20(16)25-23(26)21(17-12-14-18(28-2)15-13-17)22(24(25)27)29-19-9-4-3-5-10-19/h3-15H,1-2H3. The van der Waals surface area contributed by atoms with E-state index in [2.05, 4.69) is 0 Å². The minimum atomic E-state index is -0.312. The highest BCUT2D eigenvalue weighted by atomic mass is 32.2. The van der Waals surface area contributed by atoms with E-state index in [1.807, 2.05) is 67.6 Å². The predicted molar refractivity (Wildman–Crippen MR) is 116 cm³/mol. The van der Waals surface area contributed by atoms with Crippen LogP contribution in [0.3, 0.4) is 0 Å². The lowest BCUT2D eigenvalue weighted by Crippen LogP contribution is -2.31. The molecule has 1 aliphatic heterocycles. The maximum absolute atomic E-state index is 13.4. The highest BCUT2D eigenvalue weighted by Gasteiger charge is 2.40. The molecule has 0 aromatic heterocycles. The van der Waals surface area contributed by atoms with Crippen molar-refractivity contribution >= 4 is 34.8 Å². The number of hydrogen-bond acceptors (Lipinski definition) is 4. The zero-order valence-electron chi connectivity index (χ0n) is 16.1. The molecule has 0 radical (unpaired) electrons. The van der Waals surface area contributed by atoms with Crippen LogP contribution in [0.2, 0.25) is 0 Å². The van der Waals surface area contributed by atoms with E-state index in [9.17, 15) is 9.59 Å². The number of aryl methyl sites for hydroxylation is 1. The van der Waals surface area contributed by atoms with Crippen molar-refractivity contribution in [3.05, 3.63) is 94.9 Å². The third-order valence-corrected chi connectivity index (χ3v) is 5.83. The minimum absolute atomic E-state index is 0.302. The molecular formula is C24H19NO3S. The second-order valence-electron chi connectivity index (χ2n) is 6.58. The molecule has 0 fully saturated rings. The number of carbonyl (C=O) groups is 2. The van der Waals surface area contributed by atoms with Crippen LogP contribution in [0.25, 0.3) is 5.57 Å². The summed E-state index contributed by atoms with van der Waals surface area (Å²) in [7, 11) is 1.59. The van der Waals surface area contributed by atoms with Crippen LogP contribution in [0.5, 0.6) is 5.75 Å². The second kappa shape index (κ2) is 7.97. The lowest BCUT2D eigenvalue weighted by molar-refractivity contribution is -0.119. The van der Waals surface area contributed by atoms with Gasteiger partial charge in [-0.3, -0.25) is 9.59 Å². The van der Waals surface area contributed by atoms with Crippen molar-refractivity contribution in [1.29, 1.82) is 0 Å². The number of anilines is 1. The monoisotopic (exact) mass is 401 g/mol. The van der Waals surface area contributed by atoms with Crippen LogP contribution in [0.15, 0.2) is 88.7 Å². The van der Waals surface area contributed by atoms with Gasteiger partial charge in [0.05, 0.1) is 23.3 Å². The molecule has 2 amide bonds. The molecular weight excluding hydrogens is 382 g/mol. The molecule has 1 aliphatic rings. The highest BCUT2D eigenvalue weighted by molar-refractivity contribution is 8.04. The lowest BCUT2D eigenvalue weighted by atomic mass is 10.1. The van der Waals surface area contributed by atoms with Gasteiger partial charge in [0.1, 0.15) is 5.75 Å². The van der Waals surface area contributed by atoms with Gasteiger partial charge in [-0.1, -0.05) is 60.3 Å². The van der Waals surface area contributed by atoms with E-state index in [1.165, 1.54) is 16.7 Å². The number of thioether (sulfide) groups is 1. The molecule has 29 heavy (non-hydrogen) atoms. The molecule has 0 unspecified atom stereocenters. The molecule has 0 aliphatic carbocycles. The molecule has 3 aromatic carbocycles. The van der Waals surface area contributed by atoms with E-state index >= 15 is 0 Å². The number of para-hydroxylation sites is 1. The van der Waals surface area contributed by atoms with Crippen LogP contribution in [-0.4, -0.2) is 18.9 Å². The summed E-state index contributed by atoms with van der Waals surface area (Å²) in [4.78, 5) is 29.4. The van der Waals surface area contributed by atoms with Gasteiger partial charge in [0, 0.05) is 4.90 Å². The Bertz CT molecular complexity index is 1100. The van der Waals surface area contributed by atoms with Crippen LogP contribution >= 0.6 is 11.8 Å². The molecule has 0 saturated carbocycles. The van der Waals surface area contributed by atoms with Crippen molar-refractivity contribution in [2.45, 2.75) is 11.8 Å². The Morgan fingerprint density at radius 1 is 0.793 bits per heavy atom. The first kappa shape index (κ1) is 19.0. The van der Waals surface area contributed by atoms with Gasteiger partial charge in [0.15, 0.2) is 0 Å². The number of imide groups is 1. The van der Waals surface area contributed by atoms with Crippen LogP contribution in [0.4, 0.5) is 5.69 Å². The van der Waals surface area contributed by atoms with Crippen molar-refractivity contribution in [3.8, 4) is 5.75 Å². The summed E-state index contributed by atoms with van der Waals surface area (Å²) in [5.41, 5.74) is 2.58. The molecule has 0 atom stereocenters. The summed E-state index contributed by atoms with van der Waals surface area (Å²) < 4.78 is 5.22. The first-order valence-corrected chi connectivity index (χ1v) is 9.98. The number of rotatable bonds is 5. The van der Waals surface area contributed by atoms with Crippen LogP contribution < -0.4 is 9.64 Å². The third kappa shape index (κ3) is 3.57. The predicted octanol–water partition coefficient (Wildman–Crippen LogP) is 5.08. The zero-order chi connectivity index (χ0) is 20.4. The summed E-state index contributed by atoms with van der Waals surface area (Å²) >= 11 is 1.32. The fourth-order valence-corrected chi connectivity index (χ4v) is 4.27. The van der Waals surface area contributed by atoms with Gasteiger partial charge < -0.3 is 4.74 Å². The van der Waals surface area contributed by atoms with Crippen molar-refractivity contribution in [3.63, 3.8) is 0 Å². The molecule has 0 spiro atoms. The Morgan fingerprint density at radius 2 is 1.45 bits per heavy atom. The largest absolute Gasteiger partial charge is 0.497 e. The van der Waals surface area contributed by atoms with Gasteiger partial charge in [-0.2, -0.15) is 0 Å². The van der Waals surface area contributed by atoms with Gasteiger partial charge in [-0.05, 0) is 48.4 Å². The average Bonchev–Trinajstić information content (AvgIpc) is 2.99. The van der Waals surface area contributed by atoms with Crippen LogP contribution in [0.1, 0.15) is 11.1 Å². The first-order valence-electron chi connectivity index (χ1n) is 9.16. The number of ether oxygens (including phenoxy) is 1. The van der Waals surface area contributed by atoms with Gasteiger partial charge in [-0.15, -0.1) is 0 Å². The lowest BCUT2D eigenvalue weighted by Gasteiger charge is -2.17. The maximum atomic E-state index is 13.4. The Hall–Kier alpha value is -3.31. The average molecular weight is 401 g/mol. The molecule has 144 valence electrons. The molecule has 1 heterocycles. The van der Waals surface area contributed by atoms with Crippen molar-refractivity contribution in [1.82, 2.24) is 0 Å². The van der Waals surface area contributed by atoms with E-state index in [0.29, 0.717) is 27.5 Å². The topological polar surface area (TPSA) is 46.6 Å². The third-order valence-electron chi connectivity index (χ3n) is 4.74.